The van der Waals surface area contributed by atoms with Crippen LogP contribution in [0.5, 0.6) is 0 Å². The fourth-order valence-electron chi connectivity index (χ4n) is 3.33. The van der Waals surface area contributed by atoms with Gasteiger partial charge < -0.3 is 10.0 Å². The van der Waals surface area contributed by atoms with Crippen molar-refractivity contribution in [3.05, 3.63) is 16.1 Å². The van der Waals surface area contributed by atoms with Gasteiger partial charge in [0.2, 0.25) is 0 Å². The highest BCUT2D eigenvalue weighted by molar-refractivity contribution is 7.11. The lowest BCUT2D eigenvalue weighted by Gasteiger charge is -2.20. The first-order chi connectivity index (χ1) is 10.3. The van der Waals surface area contributed by atoms with Crippen LogP contribution in [0.2, 0.25) is 0 Å². The number of thiazole rings is 1. The van der Waals surface area contributed by atoms with Gasteiger partial charge in [0, 0.05) is 18.5 Å². The molecule has 1 saturated carbocycles. The van der Waals surface area contributed by atoms with Crippen molar-refractivity contribution in [2.75, 3.05) is 13.1 Å². The van der Waals surface area contributed by atoms with Crippen molar-refractivity contribution in [3.63, 3.8) is 0 Å². The summed E-state index contributed by atoms with van der Waals surface area (Å²) in [6.45, 7) is 7.01. The topological polar surface area (TPSA) is 70.5 Å². The Morgan fingerprint density at radius 1 is 1.32 bits per heavy atom. The Labute approximate surface area is 134 Å². The second-order valence-corrected chi connectivity index (χ2v) is 8.29. The van der Waals surface area contributed by atoms with Crippen LogP contribution in [-0.4, -0.2) is 40.0 Å². The van der Waals surface area contributed by atoms with Crippen molar-refractivity contribution < 1.29 is 14.7 Å². The highest BCUT2D eigenvalue weighted by Crippen LogP contribution is 2.44. The van der Waals surface area contributed by atoms with Gasteiger partial charge in [0.1, 0.15) is 4.88 Å². The van der Waals surface area contributed by atoms with E-state index in [0.29, 0.717) is 23.9 Å². The molecular weight excluding hydrogens is 300 g/mol. The summed E-state index contributed by atoms with van der Waals surface area (Å²) >= 11 is 1.36. The number of carboxylic acids is 1. The normalized spacial score (nSPS) is 25.5. The molecule has 0 aromatic carbocycles. The summed E-state index contributed by atoms with van der Waals surface area (Å²) in [6, 6.07) is 0. The molecule has 1 aliphatic heterocycles. The predicted octanol–water partition coefficient (Wildman–Crippen LogP) is 2.62. The Balaban J connectivity index is 1.82. The lowest BCUT2D eigenvalue weighted by atomic mass is 9.91. The molecule has 3 rings (SSSR count). The van der Waals surface area contributed by atoms with Crippen molar-refractivity contribution in [2.24, 2.45) is 17.8 Å². The standard InChI is InChI=1S/C16H22N2O3S/c1-16(2,3)13-12(22-8-17-13)14(19)18-6-10(9-4-5-9)11(7-18)15(20)21/h8-11H,4-7H2,1-3H3,(H,20,21)/t10-,11+/m1/s1. The van der Waals surface area contributed by atoms with Gasteiger partial charge in [0.05, 0.1) is 17.1 Å². The van der Waals surface area contributed by atoms with E-state index in [0.717, 1.165) is 18.5 Å². The molecule has 120 valence electrons. The quantitative estimate of drug-likeness (QED) is 0.928. The third kappa shape index (κ3) is 2.76. The smallest absolute Gasteiger partial charge is 0.308 e. The molecule has 1 aromatic heterocycles. The van der Waals surface area contributed by atoms with Crippen LogP contribution in [0.15, 0.2) is 5.51 Å². The molecule has 0 bridgehead atoms. The van der Waals surface area contributed by atoms with Crippen LogP contribution in [0.4, 0.5) is 0 Å². The molecule has 6 heteroatoms. The van der Waals surface area contributed by atoms with Gasteiger partial charge in [-0.3, -0.25) is 9.59 Å². The number of likely N-dealkylation sites (tertiary alicyclic amines) is 1. The van der Waals surface area contributed by atoms with Crippen LogP contribution in [0.3, 0.4) is 0 Å². The highest BCUT2D eigenvalue weighted by Gasteiger charge is 2.47. The number of carboxylic acid groups (broad SMARTS) is 1. The summed E-state index contributed by atoms with van der Waals surface area (Å²) in [5.41, 5.74) is 2.33. The zero-order valence-electron chi connectivity index (χ0n) is 13.2. The van der Waals surface area contributed by atoms with E-state index in [4.69, 9.17) is 0 Å². The van der Waals surface area contributed by atoms with Crippen molar-refractivity contribution in [1.82, 2.24) is 9.88 Å². The van der Waals surface area contributed by atoms with Gasteiger partial charge in [-0.15, -0.1) is 11.3 Å². The largest absolute Gasteiger partial charge is 0.481 e. The van der Waals surface area contributed by atoms with Gasteiger partial charge in [-0.25, -0.2) is 4.98 Å². The SMILES string of the molecule is CC(C)(C)c1ncsc1C(=O)N1C[C@H](C(=O)O)[C@@H](C2CC2)C1. The lowest BCUT2D eigenvalue weighted by molar-refractivity contribution is -0.142. The number of hydrogen-bond donors (Lipinski definition) is 1. The van der Waals surface area contributed by atoms with E-state index >= 15 is 0 Å². The molecule has 1 saturated heterocycles. The third-order valence-corrected chi connectivity index (χ3v) is 5.48. The number of aromatic nitrogens is 1. The summed E-state index contributed by atoms with van der Waals surface area (Å²) in [4.78, 5) is 31.1. The molecular formula is C16H22N2O3S. The van der Waals surface area contributed by atoms with Gasteiger partial charge in [-0.1, -0.05) is 20.8 Å². The van der Waals surface area contributed by atoms with Crippen molar-refractivity contribution in [3.8, 4) is 0 Å². The van der Waals surface area contributed by atoms with Gasteiger partial charge in [0.25, 0.3) is 5.91 Å². The number of carbonyl (C=O) groups excluding carboxylic acids is 1. The molecule has 22 heavy (non-hydrogen) atoms. The molecule has 1 aromatic rings. The minimum absolute atomic E-state index is 0.0539. The predicted molar refractivity (Wildman–Crippen MR) is 84.1 cm³/mol. The van der Waals surface area contributed by atoms with Crippen LogP contribution >= 0.6 is 11.3 Å². The number of rotatable bonds is 3. The first kappa shape index (κ1) is 15.5. The monoisotopic (exact) mass is 322 g/mol. The molecule has 2 heterocycles. The van der Waals surface area contributed by atoms with Crippen LogP contribution < -0.4 is 0 Å². The summed E-state index contributed by atoms with van der Waals surface area (Å²) < 4.78 is 0. The van der Waals surface area contributed by atoms with E-state index in [1.807, 2.05) is 20.8 Å². The van der Waals surface area contributed by atoms with Gasteiger partial charge in [-0.05, 0) is 24.7 Å². The van der Waals surface area contributed by atoms with E-state index in [1.165, 1.54) is 11.3 Å². The number of nitrogens with zero attached hydrogens (tertiary/aromatic N) is 2. The lowest BCUT2D eigenvalue weighted by Crippen LogP contribution is -2.31. The average Bonchev–Trinajstić information content (AvgIpc) is 3.00. The number of amides is 1. The number of aliphatic carboxylic acids is 1. The number of hydrogen-bond acceptors (Lipinski definition) is 4. The molecule has 1 amide bonds. The fraction of sp³-hybridized carbons (Fsp3) is 0.688. The van der Waals surface area contributed by atoms with Gasteiger partial charge in [-0.2, -0.15) is 0 Å². The minimum atomic E-state index is -0.771. The molecule has 2 aliphatic rings. The minimum Gasteiger partial charge on any atom is -0.481 e. The number of carbonyl (C=O) groups is 2. The molecule has 0 unspecified atom stereocenters. The summed E-state index contributed by atoms with van der Waals surface area (Å²) in [5.74, 6) is -0.633. The van der Waals surface area contributed by atoms with Gasteiger partial charge in [0.15, 0.2) is 0 Å². The highest BCUT2D eigenvalue weighted by atomic mass is 32.1. The summed E-state index contributed by atoms with van der Waals surface area (Å²) in [6.07, 6.45) is 2.20. The zero-order valence-corrected chi connectivity index (χ0v) is 14.0. The Morgan fingerprint density at radius 3 is 2.55 bits per heavy atom. The van der Waals surface area contributed by atoms with E-state index in [-0.39, 0.29) is 17.2 Å². The molecule has 5 nitrogen and oxygen atoms in total. The maximum atomic E-state index is 12.8. The molecule has 0 radical (unpaired) electrons. The summed E-state index contributed by atoms with van der Waals surface area (Å²) in [5, 5.41) is 9.43. The third-order valence-electron chi connectivity index (χ3n) is 4.67. The zero-order chi connectivity index (χ0) is 16.1. The second kappa shape index (κ2) is 5.33. The first-order valence-corrected chi connectivity index (χ1v) is 8.63. The van der Waals surface area contributed by atoms with Crippen molar-refractivity contribution in [2.45, 2.75) is 39.0 Å². The van der Waals surface area contributed by atoms with Crippen LogP contribution in [0.25, 0.3) is 0 Å². The van der Waals surface area contributed by atoms with Gasteiger partial charge >= 0.3 is 5.97 Å². The van der Waals surface area contributed by atoms with Crippen LogP contribution in [0.1, 0.15) is 49.0 Å². The fourth-order valence-corrected chi connectivity index (χ4v) is 4.30. The van der Waals surface area contributed by atoms with E-state index < -0.39 is 11.9 Å². The average molecular weight is 322 g/mol. The Morgan fingerprint density at radius 2 is 2.00 bits per heavy atom. The van der Waals surface area contributed by atoms with Crippen molar-refractivity contribution >= 4 is 23.2 Å². The second-order valence-electron chi connectivity index (χ2n) is 7.44. The molecule has 2 atom stereocenters. The molecule has 0 spiro atoms. The molecule has 2 fully saturated rings. The van der Waals surface area contributed by atoms with Crippen LogP contribution in [0, 0.1) is 17.8 Å². The first-order valence-electron chi connectivity index (χ1n) is 7.75. The summed E-state index contributed by atoms with van der Waals surface area (Å²) in [7, 11) is 0. The maximum absolute atomic E-state index is 12.8. The molecule has 1 N–H and O–H groups in total. The van der Waals surface area contributed by atoms with E-state index in [9.17, 15) is 14.7 Å². The van der Waals surface area contributed by atoms with Crippen LogP contribution in [-0.2, 0) is 10.2 Å². The molecule has 1 aliphatic carbocycles. The van der Waals surface area contributed by atoms with Crippen molar-refractivity contribution in [1.29, 1.82) is 0 Å². The Hall–Kier alpha value is -1.43. The Kier molecular flexibility index (Phi) is 3.75. The van der Waals surface area contributed by atoms with E-state index in [1.54, 1.807) is 10.4 Å². The van der Waals surface area contributed by atoms with E-state index in [2.05, 4.69) is 4.98 Å². The maximum Gasteiger partial charge on any atom is 0.308 e. The Bertz CT molecular complexity index is 601.